The van der Waals surface area contributed by atoms with Crippen LogP contribution >= 0.6 is 11.3 Å². The number of hydrogen-bond acceptors (Lipinski definition) is 6. The number of piperidine rings is 1. The molecule has 0 bridgehead atoms. The molecule has 2 saturated heterocycles. The summed E-state index contributed by atoms with van der Waals surface area (Å²) in [5, 5.41) is 16.8. The summed E-state index contributed by atoms with van der Waals surface area (Å²) in [5.41, 5.74) is 0. The first-order chi connectivity index (χ1) is 10.7. The van der Waals surface area contributed by atoms with Crippen LogP contribution in [0.25, 0.3) is 4.96 Å². The molecular formula is C14H19N5O2S. The van der Waals surface area contributed by atoms with E-state index in [9.17, 15) is 10.1 Å². The van der Waals surface area contributed by atoms with E-state index in [0.29, 0.717) is 22.7 Å². The van der Waals surface area contributed by atoms with Gasteiger partial charge < -0.3 is 20.3 Å². The summed E-state index contributed by atoms with van der Waals surface area (Å²) in [5.74, 6) is 1.34. The summed E-state index contributed by atoms with van der Waals surface area (Å²) in [6.45, 7) is 2.84. The van der Waals surface area contributed by atoms with E-state index < -0.39 is 0 Å². The van der Waals surface area contributed by atoms with Gasteiger partial charge in [-0.1, -0.05) is 11.3 Å². The number of anilines is 1. The average Bonchev–Trinajstić information content (AvgIpc) is 3.23. The van der Waals surface area contributed by atoms with Gasteiger partial charge in [0.05, 0.1) is 0 Å². The van der Waals surface area contributed by atoms with E-state index >= 15 is 0 Å². The number of nitrogens with one attached hydrogen (secondary N) is 1. The van der Waals surface area contributed by atoms with Crippen LogP contribution < -0.4 is 10.2 Å². The maximum absolute atomic E-state index is 11.4. The number of thiazole rings is 1. The first-order valence-corrected chi connectivity index (χ1v) is 8.70. The zero-order valence-corrected chi connectivity index (χ0v) is 13.1. The van der Waals surface area contributed by atoms with Gasteiger partial charge in [-0.25, -0.2) is 0 Å². The minimum atomic E-state index is -0.313. The minimum absolute atomic E-state index is 0.105. The van der Waals surface area contributed by atoms with Crippen molar-refractivity contribution < 1.29 is 4.92 Å². The maximum atomic E-state index is 11.4. The second-order valence-corrected chi connectivity index (χ2v) is 6.97. The Labute approximate surface area is 132 Å². The summed E-state index contributed by atoms with van der Waals surface area (Å²) >= 11 is 1.44. The van der Waals surface area contributed by atoms with Gasteiger partial charge >= 0.3 is 5.82 Å². The molecule has 2 aromatic rings. The van der Waals surface area contributed by atoms with Gasteiger partial charge in [-0.05, 0) is 43.1 Å². The van der Waals surface area contributed by atoms with Crippen molar-refractivity contribution in [2.24, 2.45) is 5.92 Å². The molecule has 0 aromatic carbocycles. The summed E-state index contributed by atoms with van der Waals surface area (Å²) in [6.07, 6.45) is 6.43. The average molecular weight is 321 g/mol. The summed E-state index contributed by atoms with van der Waals surface area (Å²) in [7, 11) is 0. The Balaban J connectivity index is 1.54. The molecule has 118 valence electrons. The monoisotopic (exact) mass is 321 g/mol. The van der Waals surface area contributed by atoms with Crippen molar-refractivity contribution >= 4 is 27.9 Å². The lowest BCUT2D eigenvalue weighted by molar-refractivity contribution is -0.389. The molecule has 1 unspecified atom stereocenters. The summed E-state index contributed by atoms with van der Waals surface area (Å²) in [4.78, 5) is 18.4. The summed E-state index contributed by atoms with van der Waals surface area (Å²) in [6, 6.07) is 0.641. The maximum Gasteiger partial charge on any atom is 0.373 e. The number of nitrogens with zero attached hydrogens (tertiary/aromatic N) is 4. The fourth-order valence-corrected chi connectivity index (χ4v) is 4.48. The van der Waals surface area contributed by atoms with Gasteiger partial charge in [-0.2, -0.15) is 9.38 Å². The lowest BCUT2D eigenvalue weighted by atomic mass is 9.88. The number of rotatable bonds is 3. The van der Waals surface area contributed by atoms with Gasteiger partial charge in [0.2, 0.25) is 5.82 Å². The molecule has 1 atom stereocenters. The zero-order valence-electron chi connectivity index (χ0n) is 12.3. The van der Waals surface area contributed by atoms with E-state index in [0.717, 1.165) is 32.5 Å². The highest BCUT2D eigenvalue weighted by Crippen LogP contribution is 2.34. The lowest BCUT2D eigenvalue weighted by Gasteiger charge is -2.34. The Kier molecular flexibility index (Phi) is 3.50. The molecule has 2 aliphatic rings. The van der Waals surface area contributed by atoms with Gasteiger partial charge in [0, 0.05) is 24.5 Å². The van der Waals surface area contributed by atoms with E-state index in [-0.39, 0.29) is 10.7 Å². The SMILES string of the molecule is O=[N+]([O-])c1c(N2CCC(C3CCCN3)CC2)nc2sccn12. The fraction of sp³-hybridized carbons (Fsp3) is 0.643. The van der Waals surface area contributed by atoms with Gasteiger partial charge in [0.15, 0.2) is 0 Å². The molecule has 0 spiro atoms. The molecule has 22 heavy (non-hydrogen) atoms. The van der Waals surface area contributed by atoms with Crippen molar-refractivity contribution in [2.45, 2.75) is 31.7 Å². The Hall–Kier alpha value is -1.67. The van der Waals surface area contributed by atoms with Crippen LogP contribution in [0.5, 0.6) is 0 Å². The van der Waals surface area contributed by atoms with Gasteiger partial charge in [0.25, 0.3) is 4.96 Å². The largest absolute Gasteiger partial charge is 0.373 e. The van der Waals surface area contributed by atoms with Crippen molar-refractivity contribution in [1.82, 2.24) is 14.7 Å². The van der Waals surface area contributed by atoms with Gasteiger partial charge in [-0.3, -0.25) is 0 Å². The highest BCUT2D eigenvalue weighted by Gasteiger charge is 2.33. The van der Waals surface area contributed by atoms with Crippen LogP contribution in [0.2, 0.25) is 0 Å². The van der Waals surface area contributed by atoms with Crippen molar-refractivity contribution in [3.63, 3.8) is 0 Å². The van der Waals surface area contributed by atoms with E-state index in [4.69, 9.17) is 0 Å². The van der Waals surface area contributed by atoms with E-state index in [1.807, 2.05) is 5.38 Å². The molecule has 0 aliphatic carbocycles. The molecule has 0 saturated carbocycles. The quantitative estimate of drug-likeness (QED) is 0.693. The van der Waals surface area contributed by atoms with Crippen LogP contribution in [0.3, 0.4) is 0 Å². The van der Waals surface area contributed by atoms with E-state index in [2.05, 4.69) is 15.2 Å². The van der Waals surface area contributed by atoms with Gasteiger partial charge in [-0.15, -0.1) is 0 Å². The number of nitro groups is 1. The second kappa shape index (κ2) is 5.51. The highest BCUT2D eigenvalue weighted by atomic mass is 32.1. The van der Waals surface area contributed by atoms with Crippen LogP contribution in [0.1, 0.15) is 25.7 Å². The predicted octanol–water partition coefficient (Wildman–Crippen LogP) is 2.27. The Bertz CT molecular complexity index is 683. The molecule has 2 aromatic heterocycles. The standard InChI is InChI=1S/C14H19N5O2S/c20-19(21)13-12(16-14-18(13)8-9-22-14)17-6-3-10(4-7-17)11-2-1-5-15-11/h8-11,15H,1-7H2. The van der Waals surface area contributed by atoms with Crippen LogP contribution in [0.4, 0.5) is 11.6 Å². The molecule has 4 heterocycles. The van der Waals surface area contributed by atoms with Crippen molar-refractivity contribution in [3.05, 3.63) is 21.7 Å². The number of hydrogen-bond donors (Lipinski definition) is 1. The van der Waals surface area contributed by atoms with Crippen molar-refractivity contribution in [3.8, 4) is 0 Å². The van der Waals surface area contributed by atoms with Crippen molar-refractivity contribution in [2.75, 3.05) is 24.5 Å². The molecule has 1 N–H and O–H groups in total. The van der Waals surface area contributed by atoms with Crippen LogP contribution in [-0.2, 0) is 0 Å². The van der Waals surface area contributed by atoms with Crippen LogP contribution in [0, 0.1) is 16.0 Å². The third kappa shape index (κ3) is 2.26. The van der Waals surface area contributed by atoms with Gasteiger partial charge in [0.1, 0.15) is 6.20 Å². The third-order valence-electron chi connectivity index (χ3n) is 4.90. The first-order valence-electron chi connectivity index (χ1n) is 7.82. The molecule has 2 aliphatic heterocycles. The van der Waals surface area contributed by atoms with Crippen LogP contribution in [-0.4, -0.2) is 40.0 Å². The summed E-state index contributed by atoms with van der Waals surface area (Å²) < 4.78 is 1.59. The van der Waals surface area contributed by atoms with Crippen molar-refractivity contribution in [1.29, 1.82) is 0 Å². The normalized spacial score (nSPS) is 23.5. The number of fused-ring (bicyclic) bond motifs is 1. The first kappa shape index (κ1) is 14.0. The Morgan fingerprint density at radius 2 is 2.18 bits per heavy atom. The number of imidazole rings is 1. The minimum Gasteiger partial charge on any atom is -0.358 e. The fourth-order valence-electron chi connectivity index (χ4n) is 3.77. The van der Waals surface area contributed by atoms with Crippen LogP contribution in [0.15, 0.2) is 11.6 Å². The number of aromatic nitrogens is 2. The third-order valence-corrected chi connectivity index (χ3v) is 5.66. The Morgan fingerprint density at radius 1 is 1.36 bits per heavy atom. The molecule has 0 radical (unpaired) electrons. The molecule has 8 heteroatoms. The lowest BCUT2D eigenvalue weighted by Crippen LogP contribution is -2.41. The van der Waals surface area contributed by atoms with E-state index in [1.165, 1.54) is 24.2 Å². The molecule has 7 nitrogen and oxygen atoms in total. The molecule has 2 fully saturated rings. The highest BCUT2D eigenvalue weighted by molar-refractivity contribution is 7.15. The molecule has 4 rings (SSSR count). The molecular weight excluding hydrogens is 302 g/mol. The van der Waals surface area contributed by atoms with E-state index in [1.54, 1.807) is 10.6 Å². The predicted molar refractivity (Wildman–Crippen MR) is 85.7 cm³/mol. The zero-order chi connectivity index (χ0) is 15.1. The second-order valence-electron chi connectivity index (χ2n) is 6.10. The smallest absolute Gasteiger partial charge is 0.358 e. The topological polar surface area (TPSA) is 75.7 Å². The Morgan fingerprint density at radius 3 is 2.86 bits per heavy atom. The molecule has 0 amide bonds.